The van der Waals surface area contributed by atoms with Gasteiger partial charge >= 0.3 is 12.1 Å². The van der Waals surface area contributed by atoms with Gasteiger partial charge in [0.15, 0.2) is 0 Å². The van der Waals surface area contributed by atoms with Gasteiger partial charge in [-0.2, -0.15) is 0 Å². The first-order chi connectivity index (χ1) is 21.1. The van der Waals surface area contributed by atoms with Crippen molar-refractivity contribution in [2.24, 2.45) is 0 Å². The molecule has 4 aliphatic rings. The van der Waals surface area contributed by atoms with Gasteiger partial charge in [0.25, 0.3) is 11.8 Å². The van der Waals surface area contributed by atoms with Crippen molar-refractivity contribution in [1.82, 2.24) is 20.4 Å². The predicted octanol–water partition coefficient (Wildman–Crippen LogP) is 3.09. The molecular weight excluding hydrogens is 564 g/mol. The third-order valence-electron chi connectivity index (χ3n) is 8.65. The van der Waals surface area contributed by atoms with Crippen molar-refractivity contribution >= 4 is 35.3 Å². The highest BCUT2D eigenvalue weighted by Crippen LogP contribution is 2.40. The van der Waals surface area contributed by atoms with Gasteiger partial charge in [-0.1, -0.05) is 24.3 Å². The third kappa shape index (κ3) is 4.14. The first-order valence-corrected chi connectivity index (χ1v) is 14.0. The lowest BCUT2D eigenvalue weighted by Gasteiger charge is -2.31. The summed E-state index contributed by atoms with van der Waals surface area (Å²) in [7, 11) is 3.24. The van der Waals surface area contributed by atoms with Gasteiger partial charge in [0.05, 0.1) is 47.7 Å². The molecule has 0 aliphatic carbocycles. The molecule has 222 valence electrons. The fraction of sp³-hybridized carbons (Fsp3) is 0.188. The van der Waals surface area contributed by atoms with Gasteiger partial charge in [0.1, 0.15) is 11.5 Å². The summed E-state index contributed by atoms with van der Waals surface area (Å²) in [5.74, 6) is -0.343. The quantitative estimate of drug-likeness (QED) is 0.366. The first kappa shape index (κ1) is 27.1. The maximum atomic E-state index is 13.8. The Kier molecular flexibility index (Phi) is 6.09. The van der Waals surface area contributed by atoms with E-state index in [0.29, 0.717) is 45.0 Å². The SMILES string of the molecule is CN1C(=O)NC(c2ccc(O)cc2)C2=C1CN(c1ccc(N3CC4=C(C3=O)C(c3ccc(O)cc3)NC(=O)N4C)cc1)C2=O. The van der Waals surface area contributed by atoms with E-state index in [4.69, 9.17) is 0 Å². The number of phenolic OH excluding ortho intramolecular Hbond substituents is 2. The summed E-state index contributed by atoms with van der Waals surface area (Å²) in [5, 5.41) is 25.2. The molecule has 0 aromatic heterocycles. The van der Waals surface area contributed by atoms with Crippen molar-refractivity contribution in [2.75, 3.05) is 37.0 Å². The number of rotatable bonds is 4. The Labute approximate surface area is 252 Å². The molecule has 7 rings (SSSR count). The lowest BCUT2D eigenvalue weighted by Crippen LogP contribution is -2.45. The molecule has 2 atom stereocenters. The summed E-state index contributed by atoms with van der Waals surface area (Å²) < 4.78 is 0. The predicted molar refractivity (Wildman–Crippen MR) is 159 cm³/mol. The zero-order valence-electron chi connectivity index (χ0n) is 23.8. The first-order valence-electron chi connectivity index (χ1n) is 14.0. The number of carbonyl (C=O) groups excluding carboxylic acids is 4. The van der Waals surface area contributed by atoms with Crippen LogP contribution < -0.4 is 20.4 Å². The fourth-order valence-electron chi connectivity index (χ4n) is 6.20. The highest BCUT2D eigenvalue weighted by molar-refractivity contribution is 6.13. The number of aromatic hydroxyl groups is 2. The fourth-order valence-corrected chi connectivity index (χ4v) is 6.20. The minimum absolute atomic E-state index is 0.0830. The topological polar surface area (TPSA) is 146 Å². The lowest BCUT2D eigenvalue weighted by molar-refractivity contribution is -0.115. The van der Waals surface area contributed by atoms with E-state index in [9.17, 15) is 29.4 Å². The average Bonchev–Trinajstić information content (AvgIpc) is 3.55. The zero-order chi connectivity index (χ0) is 30.9. The second kappa shape index (κ2) is 9.90. The standard InChI is InChI=1S/C32H28N6O6/c1-35-23-15-37(29(41)25(23)27(33-31(35)43)17-3-11-21(39)12-4-17)19-7-9-20(10-8-19)38-16-24-26(30(38)42)28(34-32(44)36(24)2)18-5-13-22(40)14-6-18/h3-14,27-28,39-40H,15-16H2,1-2H3,(H,33,43)(H,34,44). The van der Waals surface area contributed by atoms with E-state index < -0.39 is 12.1 Å². The van der Waals surface area contributed by atoms with Crippen LogP contribution in [0.15, 0.2) is 95.3 Å². The molecule has 12 nitrogen and oxygen atoms in total. The number of hydrogen-bond acceptors (Lipinski definition) is 6. The molecule has 4 aliphatic heterocycles. The van der Waals surface area contributed by atoms with E-state index in [0.717, 1.165) is 0 Å². The van der Waals surface area contributed by atoms with E-state index in [1.165, 1.54) is 34.1 Å². The van der Waals surface area contributed by atoms with E-state index in [2.05, 4.69) is 10.6 Å². The van der Waals surface area contributed by atoms with Crippen molar-refractivity contribution in [2.45, 2.75) is 12.1 Å². The third-order valence-corrected chi connectivity index (χ3v) is 8.65. The van der Waals surface area contributed by atoms with Crippen molar-refractivity contribution < 1.29 is 29.4 Å². The summed E-state index contributed by atoms with van der Waals surface area (Å²) in [4.78, 5) is 59.1. The number of amides is 6. The molecular formula is C32H28N6O6. The average molecular weight is 593 g/mol. The number of nitrogens with one attached hydrogen (secondary N) is 2. The molecule has 6 amide bonds. The van der Waals surface area contributed by atoms with Crippen molar-refractivity contribution in [3.63, 3.8) is 0 Å². The molecule has 4 N–H and O–H groups in total. The van der Waals surface area contributed by atoms with E-state index in [1.54, 1.807) is 72.4 Å². The van der Waals surface area contributed by atoms with Crippen LogP contribution >= 0.6 is 0 Å². The maximum Gasteiger partial charge on any atom is 0.322 e. The summed E-state index contributed by atoms with van der Waals surface area (Å²) in [6.45, 7) is 0.384. The Bertz CT molecular complexity index is 1670. The number of anilines is 2. The van der Waals surface area contributed by atoms with Crippen LogP contribution in [0.2, 0.25) is 0 Å². The highest BCUT2D eigenvalue weighted by atomic mass is 16.3. The summed E-state index contributed by atoms with van der Waals surface area (Å²) >= 11 is 0. The molecule has 0 saturated heterocycles. The molecule has 0 saturated carbocycles. The van der Waals surface area contributed by atoms with Gasteiger partial charge < -0.3 is 30.6 Å². The number of benzene rings is 3. The Morgan fingerprint density at radius 3 is 1.25 bits per heavy atom. The molecule has 4 heterocycles. The normalized spacial score (nSPS) is 21.6. The summed E-state index contributed by atoms with van der Waals surface area (Å²) in [6.07, 6.45) is 0. The molecule has 0 spiro atoms. The Morgan fingerprint density at radius 1 is 0.568 bits per heavy atom. The van der Waals surface area contributed by atoms with Crippen LogP contribution in [0.3, 0.4) is 0 Å². The van der Waals surface area contributed by atoms with Gasteiger partial charge in [-0.25, -0.2) is 9.59 Å². The van der Waals surface area contributed by atoms with Crippen LogP contribution in [0.1, 0.15) is 23.2 Å². The number of urea groups is 2. The largest absolute Gasteiger partial charge is 0.508 e. The second-order valence-electron chi connectivity index (χ2n) is 11.1. The summed E-state index contributed by atoms with van der Waals surface area (Å²) in [6, 6.07) is 17.8. The van der Waals surface area contributed by atoms with E-state index in [-0.39, 0.29) is 48.5 Å². The zero-order valence-corrected chi connectivity index (χ0v) is 23.8. The van der Waals surface area contributed by atoms with Gasteiger partial charge in [-0.15, -0.1) is 0 Å². The smallest absolute Gasteiger partial charge is 0.322 e. The van der Waals surface area contributed by atoms with Crippen LogP contribution in [0.5, 0.6) is 11.5 Å². The molecule has 12 heteroatoms. The number of hydrogen-bond donors (Lipinski definition) is 4. The summed E-state index contributed by atoms with van der Waals surface area (Å²) in [5.41, 5.74) is 4.63. The van der Waals surface area contributed by atoms with Crippen LogP contribution in [-0.2, 0) is 9.59 Å². The maximum absolute atomic E-state index is 13.8. The molecule has 0 fully saturated rings. The van der Waals surface area contributed by atoms with E-state index >= 15 is 0 Å². The van der Waals surface area contributed by atoms with Gasteiger partial charge in [-0.05, 0) is 59.7 Å². The van der Waals surface area contributed by atoms with Crippen molar-refractivity contribution in [1.29, 1.82) is 0 Å². The van der Waals surface area contributed by atoms with Crippen molar-refractivity contribution in [3.8, 4) is 11.5 Å². The molecule has 3 aromatic carbocycles. The van der Waals surface area contributed by atoms with Crippen molar-refractivity contribution in [3.05, 3.63) is 106 Å². The second-order valence-corrected chi connectivity index (χ2v) is 11.1. The van der Waals surface area contributed by atoms with Crippen LogP contribution in [0.25, 0.3) is 0 Å². The minimum atomic E-state index is -0.666. The molecule has 2 unspecified atom stereocenters. The highest BCUT2D eigenvalue weighted by Gasteiger charge is 2.45. The number of phenols is 2. The molecule has 0 bridgehead atoms. The Balaban J connectivity index is 1.15. The number of carbonyl (C=O) groups is 4. The van der Waals surface area contributed by atoms with Gasteiger partial charge in [0.2, 0.25) is 0 Å². The monoisotopic (exact) mass is 592 g/mol. The van der Waals surface area contributed by atoms with Gasteiger partial charge in [-0.3, -0.25) is 19.4 Å². The van der Waals surface area contributed by atoms with Crippen LogP contribution in [0, 0.1) is 0 Å². The minimum Gasteiger partial charge on any atom is -0.508 e. The lowest BCUT2D eigenvalue weighted by atomic mass is 9.95. The van der Waals surface area contributed by atoms with E-state index in [1.807, 2.05) is 0 Å². The Morgan fingerprint density at radius 2 is 0.909 bits per heavy atom. The molecule has 3 aromatic rings. The number of likely N-dealkylation sites (N-methyl/N-ethyl adjacent to an activating group) is 2. The van der Waals surface area contributed by atoms with Crippen LogP contribution in [-0.4, -0.2) is 71.1 Å². The van der Waals surface area contributed by atoms with Crippen LogP contribution in [0.4, 0.5) is 21.0 Å². The molecule has 44 heavy (non-hydrogen) atoms. The molecule has 0 radical (unpaired) electrons. The Hall–Kier alpha value is -5.78. The number of nitrogens with zero attached hydrogens (tertiary/aromatic N) is 4. The van der Waals surface area contributed by atoms with Gasteiger partial charge in [0, 0.05) is 25.5 Å².